The summed E-state index contributed by atoms with van der Waals surface area (Å²) in [6.45, 7) is 7.04. The highest BCUT2D eigenvalue weighted by Crippen LogP contribution is 2.20. The van der Waals surface area contributed by atoms with E-state index in [0.717, 1.165) is 23.0 Å². The zero-order chi connectivity index (χ0) is 12.0. The lowest BCUT2D eigenvalue weighted by Crippen LogP contribution is -2.06. The predicted molar refractivity (Wildman–Crippen MR) is 67.9 cm³/mol. The second kappa shape index (κ2) is 6.70. The van der Waals surface area contributed by atoms with Gasteiger partial charge in [-0.05, 0) is 25.8 Å². The van der Waals surface area contributed by atoms with Gasteiger partial charge in [-0.25, -0.2) is 9.97 Å². The number of thioether (sulfide) groups is 1. The van der Waals surface area contributed by atoms with E-state index in [0.29, 0.717) is 11.9 Å². The summed E-state index contributed by atoms with van der Waals surface area (Å²) in [4.78, 5) is 8.67. The van der Waals surface area contributed by atoms with E-state index in [1.54, 1.807) is 11.8 Å². The van der Waals surface area contributed by atoms with Crippen LogP contribution in [0.3, 0.4) is 0 Å². The first-order valence-electron chi connectivity index (χ1n) is 5.49. The van der Waals surface area contributed by atoms with Crippen molar-refractivity contribution in [3.05, 3.63) is 11.8 Å². The van der Waals surface area contributed by atoms with Gasteiger partial charge in [0.1, 0.15) is 5.03 Å². The SMILES string of the molecule is CCNc1nc(C)cc(SCC(C)CO)n1. The first-order valence-corrected chi connectivity index (χ1v) is 6.47. The van der Waals surface area contributed by atoms with Gasteiger partial charge in [0.25, 0.3) is 0 Å². The summed E-state index contributed by atoms with van der Waals surface area (Å²) in [5.41, 5.74) is 0.963. The molecule has 0 aliphatic heterocycles. The molecule has 1 rings (SSSR count). The second-order valence-corrected chi connectivity index (χ2v) is 4.84. The first kappa shape index (κ1) is 13.3. The topological polar surface area (TPSA) is 58.0 Å². The second-order valence-electron chi connectivity index (χ2n) is 3.80. The number of aryl methyl sites for hydroxylation is 1. The number of hydrogen-bond donors (Lipinski definition) is 2. The van der Waals surface area contributed by atoms with E-state index < -0.39 is 0 Å². The quantitative estimate of drug-likeness (QED) is 0.589. The van der Waals surface area contributed by atoms with Gasteiger partial charge in [0.2, 0.25) is 5.95 Å². The van der Waals surface area contributed by atoms with Crippen LogP contribution >= 0.6 is 11.8 Å². The van der Waals surface area contributed by atoms with Crippen molar-refractivity contribution < 1.29 is 5.11 Å². The fourth-order valence-electron chi connectivity index (χ4n) is 1.13. The molecule has 0 aliphatic rings. The fraction of sp³-hybridized carbons (Fsp3) is 0.636. The summed E-state index contributed by atoms with van der Waals surface area (Å²) < 4.78 is 0. The highest BCUT2D eigenvalue weighted by atomic mass is 32.2. The van der Waals surface area contributed by atoms with Gasteiger partial charge in [-0.15, -0.1) is 11.8 Å². The Morgan fingerprint density at radius 1 is 1.50 bits per heavy atom. The molecule has 1 atom stereocenters. The fourth-order valence-corrected chi connectivity index (χ4v) is 2.10. The zero-order valence-electron chi connectivity index (χ0n) is 10.0. The van der Waals surface area contributed by atoms with Crippen LogP contribution < -0.4 is 5.32 Å². The van der Waals surface area contributed by atoms with Crippen LogP contribution in [0.25, 0.3) is 0 Å². The molecule has 1 aromatic rings. The van der Waals surface area contributed by atoms with Gasteiger partial charge >= 0.3 is 0 Å². The predicted octanol–water partition coefficient (Wildman–Crippen LogP) is 1.94. The molecule has 5 heteroatoms. The van der Waals surface area contributed by atoms with Crippen molar-refractivity contribution in [2.75, 3.05) is 24.2 Å². The molecule has 0 saturated heterocycles. The molecule has 1 heterocycles. The Kier molecular flexibility index (Phi) is 5.55. The van der Waals surface area contributed by atoms with E-state index >= 15 is 0 Å². The lowest BCUT2D eigenvalue weighted by atomic mass is 10.2. The van der Waals surface area contributed by atoms with Crippen molar-refractivity contribution >= 4 is 17.7 Å². The summed E-state index contributed by atoms with van der Waals surface area (Å²) in [6.07, 6.45) is 0. The van der Waals surface area contributed by atoms with Gasteiger partial charge < -0.3 is 10.4 Å². The molecule has 90 valence electrons. The molecule has 0 fully saturated rings. The minimum atomic E-state index is 0.219. The Hall–Kier alpha value is -0.810. The number of aromatic nitrogens is 2. The number of aliphatic hydroxyl groups excluding tert-OH is 1. The van der Waals surface area contributed by atoms with E-state index in [4.69, 9.17) is 5.11 Å². The number of nitrogens with zero attached hydrogens (tertiary/aromatic N) is 2. The van der Waals surface area contributed by atoms with Gasteiger partial charge in [-0.1, -0.05) is 6.92 Å². The molecule has 0 bridgehead atoms. The molecule has 2 N–H and O–H groups in total. The summed E-state index contributed by atoms with van der Waals surface area (Å²) >= 11 is 1.66. The smallest absolute Gasteiger partial charge is 0.223 e. The van der Waals surface area contributed by atoms with Crippen molar-refractivity contribution in [3.63, 3.8) is 0 Å². The molecule has 1 aromatic heterocycles. The van der Waals surface area contributed by atoms with Crippen LogP contribution in [-0.4, -0.2) is 34.0 Å². The maximum atomic E-state index is 8.95. The molecule has 0 saturated carbocycles. The average Bonchev–Trinajstić information content (AvgIpc) is 2.25. The maximum absolute atomic E-state index is 8.95. The standard InChI is InChI=1S/C11H19N3OS/c1-4-12-11-13-9(3)5-10(14-11)16-7-8(2)6-15/h5,8,15H,4,6-7H2,1-3H3,(H,12,13,14). The van der Waals surface area contributed by atoms with Crippen molar-refractivity contribution in [1.82, 2.24) is 9.97 Å². The lowest BCUT2D eigenvalue weighted by molar-refractivity contribution is 0.250. The van der Waals surface area contributed by atoms with Crippen LogP contribution in [0.15, 0.2) is 11.1 Å². The molecule has 1 unspecified atom stereocenters. The van der Waals surface area contributed by atoms with Crippen LogP contribution in [0.5, 0.6) is 0 Å². The van der Waals surface area contributed by atoms with Crippen LogP contribution in [0.2, 0.25) is 0 Å². The maximum Gasteiger partial charge on any atom is 0.223 e. The molecule has 0 aliphatic carbocycles. The third-order valence-electron chi connectivity index (χ3n) is 1.99. The molecule has 4 nitrogen and oxygen atoms in total. The Labute approximate surface area is 101 Å². The third kappa shape index (κ3) is 4.37. The van der Waals surface area contributed by atoms with Gasteiger partial charge in [-0.3, -0.25) is 0 Å². The van der Waals surface area contributed by atoms with E-state index in [1.165, 1.54) is 0 Å². The number of aliphatic hydroxyl groups is 1. The Balaban J connectivity index is 2.64. The van der Waals surface area contributed by atoms with Crippen molar-refractivity contribution in [2.45, 2.75) is 25.8 Å². The number of rotatable bonds is 6. The van der Waals surface area contributed by atoms with Gasteiger partial charge in [0.05, 0.1) is 0 Å². The minimum absolute atomic E-state index is 0.219. The van der Waals surface area contributed by atoms with Crippen LogP contribution in [0.1, 0.15) is 19.5 Å². The monoisotopic (exact) mass is 241 g/mol. The van der Waals surface area contributed by atoms with Crippen LogP contribution in [0.4, 0.5) is 5.95 Å². The van der Waals surface area contributed by atoms with Crippen LogP contribution in [0, 0.1) is 12.8 Å². The first-order chi connectivity index (χ1) is 7.65. The van der Waals surface area contributed by atoms with Gasteiger partial charge in [0.15, 0.2) is 0 Å². The molecule has 16 heavy (non-hydrogen) atoms. The summed E-state index contributed by atoms with van der Waals surface area (Å²) in [7, 11) is 0. The van der Waals surface area contributed by atoms with E-state index in [2.05, 4.69) is 15.3 Å². The highest BCUT2D eigenvalue weighted by molar-refractivity contribution is 7.99. The summed E-state index contributed by atoms with van der Waals surface area (Å²) in [5, 5.41) is 13.0. The van der Waals surface area contributed by atoms with E-state index in [9.17, 15) is 0 Å². The molecule has 0 radical (unpaired) electrons. The highest BCUT2D eigenvalue weighted by Gasteiger charge is 2.05. The van der Waals surface area contributed by atoms with Crippen LogP contribution in [-0.2, 0) is 0 Å². The molecule has 0 amide bonds. The number of nitrogens with one attached hydrogen (secondary N) is 1. The molecule has 0 spiro atoms. The van der Waals surface area contributed by atoms with Gasteiger partial charge in [0, 0.05) is 24.6 Å². The Morgan fingerprint density at radius 2 is 2.25 bits per heavy atom. The largest absolute Gasteiger partial charge is 0.396 e. The third-order valence-corrected chi connectivity index (χ3v) is 3.23. The van der Waals surface area contributed by atoms with Crippen molar-refractivity contribution in [1.29, 1.82) is 0 Å². The Bertz CT molecular complexity index is 333. The van der Waals surface area contributed by atoms with E-state index in [1.807, 2.05) is 26.8 Å². The normalized spacial score (nSPS) is 12.5. The van der Waals surface area contributed by atoms with Crippen molar-refractivity contribution in [3.8, 4) is 0 Å². The number of anilines is 1. The summed E-state index contributed by atoms with van der Waals surface area (Å²) in [5.74, 6) is 1.85. The lowest BCUT2D eigenvalue weighted by Gasteiger charge is -2.08. The molecular weight excluding hydrogens is 222 g/mol. The minimum Gasteiger partial charge on any atom is -0.396 e. The number of hydrogen-bond acceptors (Lipinski definition) is 5. The Morgan fingerprint density at radius 3 is 2.88 bits per heavy atom. The summed E-state index contributed by atoms with van der Waals surface area (Å²) in [6, 6.07) is 1.97. The van der Waals surface area contributed by atoms with E-state index in [-0.39, 0.29) is 6.61 Å². The molecule has 0 aromatic carbocycles. The average molecular weight is 241 g/mol. The van der Waals surface area contributed by atoms with Crippen molar-refractivity contribution in [2.24, 2.45) is 5.92 Å². The molecular formula is C11H19N3OS. The zero-order valence-corrected chi connectivity index (χ0v) is 10.8. The van der Waals surface area contributed by atoms with Gasteiger partial charge in [-0.2, -0.15) is 0 Å².